The fraction of sp³-hybridized carbons (Fsp3) is 0.150. The van der Waals surface area contributed by atoms with Crippen LogP contribution in [0.3, 0.4) is 0 Å². The van der Waals surface area contributed by atoms with Crippen LogP contribution in [0.15, 0.2) is 54.3 Å². The van der Waals surface area contributed by atoms with Crippen LogP contribution in [-0.2, 0) is 9.53 Å². The molecule has 0 aromatic heterocycles. The maximum Gasteiger partial charge on any atom is 0.336 e. The number of cyclic esters (lactones) is 1. The third kappa shape index (κ3) is 3.21. The lowest BCUT2D eigenvalue weighted by molar-refractivity contribution is -0.132. The summed E-state index contributed by atoms with van der Waals surface area (Å²) in [5.41, 5.74) is 2.03. The minimum Gasteiger partial charge on any atom is -0.504 e. The summed E-state index contributed by atoms with van der Waals surface area (Å²) in [5, 5.41) is 10.1. The molecule has 2 aromatic rings. The molecular weight excluding hydrogens is 336 g/mol. The molecule has 0 fully saturated rings. The third-order valence-corrected chi connectivity index (χ3v) is 3.97. The molecule has 0 saturated carbocycles. The summed E-state index contributed by atoms with van der Waals surface area (Å²) in [6.45, 7) is 0. The largest absolute Gasteiger partial charge is 0.504 e. The lowest BCUT2D eigenvalue weighted by Gasteiger charge is -2.15. The van der Waals surface area contributed by atoms with Crippen molar-refractivity contribution < 1.29 is 28.8 Å². The van der Waals surface area contributed by atoms with Crippen LogP contribution in [0.25, 0.3) is 5.57 Å². The van der Waals surface area contributed by atoms with Gasteiger partial charge < -0.3 is 24.1 Å². The quantitative estimate of drug-likeness (QED) is 0.831. The van der Waals surface area contributed by atoms with Crippen molar-refractivity contribution in [3.8, 4) is 23.0 Å². The SMILES string of the molecule is COc1ccc(/C(=C2\C=CC(=O)O2)c2ccc(OC)c(OC)c2)cc1O. The Bertz CT molecular complexity index is 911. The van der Waals surface area contributed by atoms with Gasteiger partial charge in [-0.2, -0.15) is 0 Å². The topological polar surface area (TPSA) is 74.2 Å². The van der Waals surface area contributed by atoms with Gasteiger partial charge in [-0.3, -0.25) is 0 Å². The van der Waals surface area contributed by atoms with Crippen molar-refractivity contribution in [2.24, 2.45) is 0 Å². The van der Waals surface area contributed by atoms with E-state index in [1.807, 2.05) is 6.07 Å². The summed E-state index contributed by atoms with van der Waals surface area (Å²) in [6.07, 6.45) is 2.94. The number of aromatic hydroxyl groups is 1. The Morgan fingerprint density at radius 2 is 1.46 bits per heavy atom. The van der Waals surface area contributed by atoms with E-state index in [4.69, 9.17) is 18.9 Å². The molecule has 0 atom stereocenters. The van der Waals surface area contributed by atoms with E-state index in [1.54, 1.807) is 50.6 Å². The second-order valence-electron chi connectivity index (χ2n) is 5.45. The van der Waals surface area contributed by atoms with Crippen molar-refractivity contribution in [3.05, 3.63) is 65.4 Å². The highest BCUT2D eigenvalue weighted by Crippen LogP contribution is 2.38. The monoisotopic (exact) mass is 354 g/mol. The van der Waals surface area contributed by atoms with Gasteiger partial charge in [0, 0.05) is 11.6 Å². The van der Waals surface area contributed by atoms with Crippen LogP contribution in [0.2, 0.25) is 0 Å². The molecule has 26 heavy (non-hydrogen) atoms. The molecule has 0 saturated heterocycles. The van der Waals surface area contributed by atoms with Gasteiger partial charge in [-0.25, -0.2) is 4.79 Å². The highest BCUT2D eigenvalue weighted by molar-refractivity contribution is 5.93. The van der Waals surface area contributed by atoms with Gasteiger partial charge in [-0.05, 0) is 41.5 Å². The Morgan fingerprint density at radius 1 is 0.846 bits per heavy atom. The van der Waals surface area contributed by atoms with Crippen molar-refractivity contribution >= 4 is 11.5 Å². The zero-order valence-corrected chi connectivity index (χ0v) is 14.6. The van der Waals surface area contributed by atoms with Crippen LogP contribution >= 0.6 is 0 Å². The Kier molecular flexibility index (Phi) is 4.84. The minimum absolute atomic E-state index is 0.0168. The highest BCUT2D eigenvalue weighted by atomic mass is 16.5. The third-order valence-electron chi connectivity index (χ3n) is 3.97. The lowest BCUT2D eigenvalue weighted by atomic mass is 9.95. The van der Waals surface area contributed by atoms with Crippen LogP contribution in [0.4, 0.5) is 0 Å². The van der Waals surface area contributed by atoms with Crippen molar-refractivity contribution in [3.63, 3.8) is 0 Å². The molecule has 2 aromatic carbocycles. The molecule has 1 heterocycles. The first-order valence-corrected chi connectivity index (χ1v) is 7.81. The molecule has 1 aliphatic heterocycles. The molecule has 1 N–H and O–H groups in total. The van der Waals surface area contributed by atoms with E-state index in [2.05, 4.69) is 0 Å². The molecule has 134 valence electrons. The van der Waals surface area contributed by atoms with Gasteiger partial charge in [0.05, 0.1) is 21.3 Å². The highest BCUT2D eigenvalue weighted by Gasteiger charge is 2.20. The lowest BCUT2D eigenvalue weighted by Crippen LogP contribution is -1.99. The Labute approximate surface area is 150 Å². The number of hydrogen-bond donors (Lipinski definition) is 1. The predicted octanol–water partition coefficient (Wildman–Crippen LogP) is 3.29. The molecule has 6 nitrogen and oxygen atoms in total. The molecule has 0 bridgehead atoms. The van der Waals surface area contributed by atoms with Gasteiger partial charge in [0.1, 0.15) is 5.76 Å². The van der Waals surface area contributed by atoms with Gasteiger partial charge >= 0.3 is 5.97 Å². The van der Waals surface area contributed by atoms with E-state index < -0.39 is 5.97 Å². The maximum absolute atomic E-state index is 11.6. The van der Waals surface area contributed by atoms with E-state index in [0.29, 0.717) is 34.1 Å². The second-order valence-corrected chi connectivity index (χ2v) is 5.45. The van der Waals surface area contributed by atoms with Crippen LogP contribution in [0.5, 0.6) is 23.0 Å². The molecular formula is C20H18O6. The number of benzene rings is 2. The second kappa shape index (κ2) is 7.23. The van der Waals surface area contributed by atoms with Gasteiger partial charge in [0.25, 0.3) is 0 Å². The van der Waals surface area contributed by atoms with Gasteiger partial charge in [0.2, 0.25) is 0 Å². The van der Waals surface area contributed by atoms with E-state index in [0.717, 1.165) is 5.56 Å². The minimum atomic E-state index is -0.448. The van der Waals surface area contributed by atoms with E-state index in [9.17, 15) is 9.90 Å². The number of methoxy groups -OCH3 is 3. The van der Waals surface area contributed by atoms with Crippen molar-refractivity contribution in [1.29, 1.82) is 0 Å². The Balaban J connectivity index is 2.19. The summed E-state index contributed by atoms with van der Waals surface area (Å²) in [7, 11) is 4.58. The van der Waals surface area contributed by atoms with Crippen LogP contribution < -0.4 is 14.2 Å². The first-order valence-electron chi connectivity index (χ1n) is 7.81. The molecule has 0 aliphatic carbocycles. The number of phenolic OH excluding ortho intramolecular Hbond substituents is 1. The fourth-order valence-electron chi connectivity index (χ4n) is 2.74. The summed E-state index contributed by atoms with van der Waals surface area (Å²) < 4.78 is 21.0. The summed E-state index contributed by atoms with van der Waals surface area (Å²) in [5.74, 6) is 1.38. The average Bonchev–Trinajstić information content (AvgIpc) is 3.07. The fourth-order valence-corrected chi connectivity index (χ4v) is 2.74. The average molecular weight is 354 g/mol. The molecule has 3 rings (SSSR count). The number of carbonyl (C=O) groups is 1. The van der Waals surface area contributed by atoms with Crippen LogP contribution in [-0.4, -0.2) is 32.4 Å². The summed E-state index contributed by atoms with van der Waals surface area (Å²) in [6, 6.07) is 10.3. The zero-order chi connectivity index (χ0) is 18.7. The van der Waals surface area contributed by atoms with Gasteiger partial charge in [-0.15, -0.1) is 0 Å². The Morgan fingerprint density at radius 3 is 2.00 bits per heavy atom. The van der Waals surface area contributed by atoms with Crippen molar-refractivity contribution in [2.45, 2.75) is 0 Å². The molecule has 0 amide bonds. The Hall–Kier alpha value is -3.41. The smallest absolute Gasteiger partial charge is 0.336 e. The van der Waals surface area contributed by atoms with E-state index in [-0.39, 0.29) is 5.75 Å². The van der Waals surface area contributed by atoms with E-state index in [1.165, 1.54) is 13.2 Å². The normalized spacial score (nSPS) is 14.8. The molecule has 6 heteroatoms. The number of ether oxygens (including phenoxy) is 4. The first kappa shape index (κ1) is 17.4. The number of hydrogen-bond acceptors (Lipinski definition) is 6. The number of allylic oxidation sites excluding steroid dienone is 1. The van der Waals surface area contributed by atoms with Crippen molar-refractivity contribution in [1.82, 2.24) is 0 Å². The number of esters is 1. The standard InChI is InChI=1S/C20H18O6/c1-23-15-6-4-12(10-14(15)21)20(17-8-9-19(22)26-17)13-5-7-16(24-2)18(11-13)25-3/h4-11,21H,1-3H3/b20-17-. The number of phenols is 1. The molecule has 0 spiro atoms. The van der Waals surface area contributed by atoms with Crippen LogP contribution in [0.1, 0.15) is 11.1 Å². The zero-order valence-electron chi connectivity index (χ0n) is 14.6. The predicted molar refractivity (Wildman–Crippen MR) is 95.5 cm³/mol. The molecule has 0 unspecified atom stereocenters. The molecule has 0 radical (unpaired) electrons. The first-order chi connectivity index (χ1) is 12.6. The summed E-state index contributed by atoms with van der Waals surface area (Å²) >= 11 is 0. The maximum atomic E-state index is 11.6. The van der Waals surface area contributed by atoms with Gasteiger partial charge in [0.15, 0.2) is 23.0 Å². The number of rotatable bonds is 5. The molecule has 1 aliphatic rings. The van der Waals surface area contributed by atoms with Crippen LogP contribution in [0, 0.1) is 0 Å². The van der Waals surface area contributed by atoms with Gasteiger partial charge in [-0.1, -0.05) is 12.1 Å². The summed E-state index contributed by atoms with van der Waals surface area (Å²) in [4.78, 5) is 11.6. The van der Waals surface area contributed by atoms with Crippen molar-refractivity contribution in [2.75, 3.05) is 21.3 Å². The number of carbonyl (C=O) groups excluding carboxylic acids is 1. The van der Waals surface area contributed by atoms with E-state index >= 15 is 0 Å².